The molecule has 4 aromatic rings. The minimum absolute atomic E-state index is 0.0872. The van der Waals surface area contributed by atoms with Crippen molar-refractivity contribution in [2.75, 3.05) is 10.6 Å². The molecule has 0 aliphatic heterocycles. The molecule has 2 aromatic heterocycles. The zero-order valence-corrected chi connectivity index (χ0v) is 23.8. The number of pyridine rings is 1. The van der Waals surface area contributed by atoms with Crippen LogP contribution in [0.4, 0.5) is 21.6 Å². The lowest BCUT2D eigenvalue weighted by atomic mass is 10.1. The highest BCUT2D eigenvalue weighted by atomic mass is 127. The first-order chi connectivity index (χ1) is 18.6. The summed E-state index contributed by atoms with van der Waals surface area (Å²) in [5.41, 5.74) is -0.293. The molecule has 0 unspecified atom stereocenters. The van der Waals surface area contributed by atoms with Crippen molar-refractivity contribution in [2.24, 2.45) is 7.05 Å². The Balaban J connectivity index is 1.92. The van der Waals surface area contributed by atoms with E-state index in [9.17, 15) is 23.6 Å². The first kappa shape index (κ1) is 26.9. The smallest absolute Gasteiger partial charge is 0.336 e. The van der Waals surface area contributed by atoms with E-state index in [0.717, 1.165) is 12.8 Å². The molecule has 9 nitrogen and oxygen atoms in total. The summed E-state index contributed by atoms with van der Waals surface area (Å²) in [7, 11) is 1.51. The molecule has 0 atom stereocenters. The standard InChI is InChI=1S/C28H27FIN5O4/c1-15-24-23(25(33(3)26(15)37)32-22-12-11-17(30)13-21(22)29)27(38)35(19-8-4-5-9-19)28(39)34(24)20-10-6-7-18(14-20)31-16(2)36/h6-7,10-14,19,32H,4-5,8-9H2,1-3H3,(H,31,36). The lowest BCUT2D eigenvalue weighted by Crippen LogP contribution is -2.43. The van der Waals surface area contributed by atoms with Crippen molar-refractivity contribution in [3.63, 3.8) is 0 Å². The van der Waals surface area contributed by atoms with E-state index < -0.39 is 22.6 Å². The average Bonchev–Trinajstić information content (AvgIpc) is 3.41. The quantitative estimate of drug-likeness (QED) is 0.307. The van der Waals surface area contributed by atoms with Crippen LogP contribution in [0.5, 0.6) is 0 Å². The predicted molar refractivity (Wildman–Crippen MR) is 158 cm³/mol. The summed E-state index contributed by atoms with van der Waals surface area (Å²) in [5, 5.41) is 5.78. The highest BCUT2D eigenvalue weighted by molar-refractivity contribution is 14.1. The third kappa shape index (κ3) is 4.79. The number of aromatic nitrogens is 3. The van der Waals surface area contributed by atoms with Crippen molar-refractivity contribution < 1.29 is 9.18 Å². The summed E-state index contributed by atoms with van der Waals surface area (Å²) in [5.74, 6) is -0.740. The van der Waals surface area contributed by atoms with E-state index in [1.807, 2.05) is 22.6 Å². The van der Waals surface area contributed by atoms with Crippen molar-refractivity contribution in [3.05, 3.63) is 88.6 Å². The molecule has 1 aliphatic carbocycles. The van der Waals surface area contributed by atoms with E-state index in [0.29, 0.717) is 27.8 Å². The van der Waals surface area contributed by atoms with Crippen LogP contribution in [0, 0.1) is 16.3 Å². The van der Waals surface area contributed by atoms with Gasteiger partial charge in [-0.15, -0.1) is 0 Å². The van der Waals surface area contributed by atoms with E-state index in [2.05, 4.69) is 10.6 Å². The number of benzene rings is 2. The van der Waals surface area contributed by atoms with Crippen molar-refractivity contribution in [2.45, 2.75) is 45.6 Å². The number of aryl methyl sites for hydroxylation is 1. The highest BCUT2D eigenvalue weighted by Crippen LogP contribution is 2.31. The normalized spacial score (nSPS) is 13.7. The van der Waals surface area contributed by atoms with Gasteiger partial charge in [0.05, 0.1) is 16.9 Å². The van der Waals surface area contributed by atoms with Crippen LogP contribution in [0.1, 0.15) is 44.2 Å². The largest absolute Gasteiger partial charge is 0.338 e. The maximum absolute atomic E-state index is 14.9. The number of carbonyl (C=O) groups excluding carboxylic acids is 1. The number of rotatable bonds is 5. The van der Waals surface area contributed by atoms with Crippen LogP contribution in [0.15, 0.2) is 56.8 Å². The van der Waals surface area contributed by atoms with Crippen LogP contribution < -0.4 is 27.4 Å². The summed E-state index contributed by atoms with van der Waals surface area (Å²) in [6.07, 6.45) is 3.12. The zero-order valence-electron chi connectivity index (χ0n) is 21.7. The minimum Gasteiger partial charge on any atom is -0.338 e. The Bertz CT molecular complexity index is 1820. The van der Waals surface area contributed by atoms with E-state index in [1.54, 1.807) is 37.3 Å². The minimum atomic E-state index is -0.567. The third-order valence-corrected chi connectivity index (χ3v) is 7.81. The van der Waals surface area contributed by atoms with Crippen LogP contribution in [-0.4, -0.2) is 19.6 Å². The zero-order chi connectivity index (χ0) is 28.0. The van der Waals surface area contributed by atoms with Gasteiger partial charge in [-0.1, -0.05) is 18.9 Å². The lowest BCUT2D eigenvalue weighted by Gasteiger charge is -2.22. The highest BCUT2D eigenvalue weighted by Gasteiger charge is 2.28. The maximum atomic E-state index is 14.9. The Labute approximate surface area is 236 Å². The molecule has 11 heteroatoms. The summed E-state index contributed by atoms with van der Waals surface area (Å²) in [4.78, 5) is 53.4. The monoisotopic (exact) mass is 643 g/mol. The van der Waals surface area contributed by atoms with E-state index in [1.165, 1.54) is 39.8 Å². The number of nitrogens with one attached hydrogen (secondary N) is 2. The van der Waals surface area contributed by atoms with Gasteiger partial charge in [-0.2, -0.15) is 0 Å². The van der Waals surface area contributed by atoms with Gasteiger partial charge < -0.3 is 10.6 Å². The fraction of sp³-hybridized carbons (Fsp3) is 0.286. The molecule has 2 aromatic carbocycles. The van der Waals surface area contributed by atoms with Gasteiger partial charge in [0.15, 0.2) is 0 Å². The van der Waals surface area contributed by atoms with Gasteiger partial charge in [-0.25, -0.2) is 9.18 Å². The van der Waals surface area contributed by atoms with Crippen LogP contribution in [0.25, 0.3) is 16.6 Å². The van der Waals surface area contributed by atoms with E-state index in [-0.39, 0.29) is 39.9 Å². The molecule has 0 bridgehead atoms. The second-order valence-electron chi connectivity index (χ2n) is 9.77. The molecule has 0 spiro atoms. The Morgan fingerprint density at radius 3 is 2.44 bits per heavy atom. The molecular formula is C28H27FIN5O4. The number of nitrogens with zero attached hydrogens (tertiary/aromatic N) is 3. The van der Waals surface area contributed by atoms with Crippen LogP contribution >= 0.6 is 22.6 Å². The average molecular weight is 643 g/mol. The Kier molecular flexibility index (Phi) is 7.19. The summed E-state index contributed by atoms with van der Waals surface area (Å²) < 4.78 is 19.5. The molecule has 202 valence electrons. The van der Waals surface area contributed by atoms with Crippen molar-refractivity contribution in [1.82, 2.24) is 13.7 Å². The van der Waals surface area contributed by atoms with E-state index >= 15 is 0 Å². The maximum Gasteiger partial charge on any atom is 0.336 e. The molecule has 1 aliphatic rings. The molecule has 5 rings (SSSR count). The predicted octanol–water partition coefficient (Wildman–Crippen LogP) is 4.72. The number of hydrogen-bond acceptors (Lipinski definition) is 5. The Morgan fingerprint density at radius 1 is 1.05 bits per heavy atom. The van der Waals surface area contributed by atoms with Gasteiger partial charge in [0, 0.05) is 34.8 Å². The second-order valence-corrected chi connectivity index (χ2v) is 11.0. The second kappa shape index (κ2) is 10.4. The van der Waals surface area contributed by atoms with Gasteiger partial charge in [0.1, 0.15) is 17.0 Å². The third-order valence-electron chi connectivity index (χ3n) is 7.14. The van der Waals surface area contributed by atoms with Gasteiger partial charge in [-0.05, 0) is 78.8 Å². The van der Waals surface area contributed by atoms with Gasteiger partial charge in [0.2, 0.25) is 5.91 Å². The summed E-state index contributed by atoms with van der Waals surface area (Å²) in [6.45, 7) is 2.94. The van der Waals surface area contributed by atoms with Crippen LogP contribution in [0.2, 0.25) is 0 Å². The molecule has 1 amide bonds. The molecule has 2 N–H and O–H groups in total. The number of halogens is 2. The lowest BCUT2D eigenvalue weighted by molar-refractivity contribution is -0.114. The molecule has 2 heterocycles. The van der Waals surface area contributed by atoms with Gasteiger partial charge in [0.25, 0.3) is 11.1 Å². The van der Waals surface area contributed by atoms with Crippen LogP contribution in [0.3, 0.4) is 0 Å². The number of fused-ring (bicyclic) bond motifs is 1. The fourth-order valence-electron chi connectivity index (χ4n) is 5.33. The Morgan fingerprint density at radius 2 is 1.77 bits per heavy atom. The molecule has 0 saturated heterocycles. The fourth-order valence-corrected chi connectivity index (χ4v) is 5.78. The number of anilines is 3. The number of amides is 1. The molecule has 0 radical (unpaired) electrons. The summed E-state index contributed by atoms with van der Waals surface area (Å²) in [6, 6.07) is 10.9. The summed E-state index contributed by atoms with van der Waals surface area (Å²) >= 11 is 2.00. The SMILES string of the molecule is CC(=O)Nc1cccc(-n2c(=O)n(C3CCCC3)c(=O)c3c(Nc4ccc(I)cc4F)n(C)c(=O)c(C)c32)c1. The van der Waals surface area contributed by atoms with Gasteiger partial charge in [-0.3, -0.25) is 28.1 Å². The molecule has 1 fully saturated rings. The molecule has 39 heavy (non-hydrogen) atoms. The number of carbonyl (C=O) groups is 1. The van der Waals surface area contributed by atoms with Crippen molar-refractivity contribution in [3.8, 4) is 5.69 Å². The van der Waals surface area contributed by atoms with Crippen molar-refractivity contribution >= 4 is 56.6 Å². The van der Waals surface area contributed by atoms with Gasteiger partial charge >= 0.3 is 5.69 Å². The molecule has 1 saturated carbocycles. The van der Waals surface area contributed by atoms with Crippen LogP contribution in [-0.2, 0) is 11.8 Å². The molecular weight excluding hydrogens is 616 g/mol. The first-order valence-electron chi connectivity index (χ1n) is 12.6. The first-order valence-corrected chi connectivity index (χ1v) is 13.7. The number of hydrogen-bond donors (Lipinski definition) is 2. The topological polar surface area (TPSA) is 107 Å². The van der Waals surface area contributed by atoms with Crippen molar-refractivity contribution in [1.29, 1.82) is 0 Å². The Hall–Kier alpha value is -3.74. The van der Waals surface area contributed by atoms with E-state index in [4.69, 9.17) is 0 Å².